The van der Waals surface area contributed by atoms with Gasteiger partial charge in [0, 0.05) is 17.7 Å². The molecule has 1 aromatic heterocycles. The van der Waals surface area contributed by atoms with Crippen LogP contribution in [0.3, 0.4) is 0 Å². The standard InChI is InChI=1S/C12H11Cl2N3O2/c1-2-11-10(7-13)12(14)16(15-11)8-3-5-9(6-4-8)17(18)19/h3-6H,2,7H2,1H3. The van der Waals surface area contributed by atoms with E-state index in [1.165, 1.54) is 12.1 Å². The molecule has 1 aromatic carbocycles. The summed E-state index contributed by atoms with van der Waals surface area (Å²) in [5.74, 6) is 0.287. The minimum absolute atomic E-state index is 0.0281. The fraction of sp³-hybridized carbons (Fsp3) is 0.250. The summed E-state index contributed by atoms with van der Waals surface area (Å²) in [6.45, 7) is 1.97. The Morgan fingerprint density at radius 2 is 2.00 bits per heavy atom. The van der Waals surface area contributed by atoms with Gasteiger partial charge in [0.05, 0.1) is 22.2 Å². The van der Waals surface area contributed by atoms with Crippen molar-refractivity contribution in [3.63, 3.8) is 0 Å². The van der Waals surface area contributed by atoms with Crippen LogP contribution in [-0.2, 0) is 12.3 Å². The predicted octanol–water partition coefficient (Wildman–Crippen LogP) is 3.74. The van der Waals surface area contributed by atoms with Gasteiger partial charge in [0.1, 0.15) is 5.15 Å². The predicted molar refractivity (Wildman–Crippen MR) is 74.2 cm³/mol. The van der Waals surface area contributed by atoms with E-state index in [0.29, 0.717) is 10.8 Å². The van der Waals surface area contributed by atoms with Gasteiger partial charge in [0.25, 0.3) is 5.69 Å². The molecule has 0 saturated heterocycles. The third-order valence-corrected chi connectivity index (χ3v) is 3.43. The summed E-state index contributed by atoms with van der Waals surface area (Å²) in [4.78, 5) is 10.2. The van der Waals surface area contributed by atoms with E-state index in [1.807, 2.05) is 6.92 Å². The highest BCUT2D eigenvalue weighted by Gasteiger charge is 2.16. The smallest absolute Gasteiger partial charge is 0.258 e. The van der Waals surface area contributed by atoms with Gasteiger partial charge in [-0.2, -0.15) is 5.10 Å². The Balaban J connectivity index is 2.47. The number of halogens is 2. The number of aryl methyl sites for hydroxylation is 1. The molecule has 100 valence electrons. The SMILES string of the molecule is CCc1nn(-c2ccc([N+](=O)[O-])cc2)c(Cl)c1CCl. The molecular formula is C12H11Cl2N3O2. The highest BCUT2D eigenvalue weighted by molar-refractivity contribution is 6.31. The van der Waals surface area contributed by atoms with Gasteiger partial charge in [0.2, 0.25) is 0 Å². The maximum Gasteiger partial charge on any atom is 0.269 e. The Kier molecular flexibility index (Phi) is 4.07. The van der Waals surface area contributed by atoms with Crippen molar-refractivity contribution < 1.29 is 4.92 Å². The summed E-state index contributed by atoms with van der Waals surface area (Å²) < 4.78 is 1.54. The summed E-state index contributed by atoms with van der Waals surface area (Å²) in [6, 6.07) is 6.04. The van der Waals surface area contributed by atoms with Gasteiger partial charge in [-0.25, -0.2) is 4.68 Å². The maximum atomic E-state index is 10.6. The lowest BCUT2D eigenvalue weighted by molar-refractivity contribution is -0.384. The van der Waals surface area contributed by atoms with Gasteiger partial charge in [0.15, 0.2) is 0 Å². The second kappa shape index (κ2) is 5.59. The van der Waals surface area contributed by atoms with E-state index in [1.54, 1.807) is 16.8 Å². The molecule has 0 saturated carbocycles. The molecule has 2 rings (SSSR count). The number of benzene rings is 1. The first-order valence-electron chi connectivity index (χ1n) is 5.65. The number of aromatic nitrogens is 2. The molecule has 0 bridgehead atoms. The van der Waals surface area contributed by atoms with Gasteiger partial charge < -0.3 is 0 Å². The van der Waals surface area contributed by atoms with Crippen molar-refractivity contribution in [2.75, 3.05) is 0 Å². The van der Waals surface area contributed by atoms with E-state index < -0.39 is 4.92 Å². The van der Waals surface area contributed by atoms with Gasteiger partial charge in [-0.05, 0) is 18.6 Å². The first-order valence-corrected chi connectivity index (χ1v) is 6.56. The van der Waals surface area contributed by atoms with Crippen LogP contribution in [0.1, 0.15) is 18.2 Å². The van der Waals surface area contributed by atoms with Crippen molar-refractivity contribution in [2.45, 2.75) is 19.2 Å². The van der Waals surface area contributed by atoms with E-state index in [-0.39, 0.29) is 11.6 Å². The van der Waals surface area contributed by atoms with E-state index in [2.05, 4.69) is 5.10 Å². The molecule has 0 amide bonds. The lowest BCUT2D eigenvalue weighted by Crippen LogP contribution is -1.97. The minimum atomic E-state index is -0.448. The molecule has 0 N–H and O–H groups in total. The monoisotopic (exact) mass is 299 g/mol. The molecule has 0 unspecified atom stereocenters. The quantitative estimate of drug-likeness (QED) is 0.491. The van der Waals surface area contributed by atoms with Crippen LogP contribution >= 0.6 is 23.2 Å². The highest BCUT2D eigenvalue weighted by atomic mass is 35.5. The van der Waals surface area contributed by atoms with Crippen molar-refractivity contribution >= 4 is 28.9 Å². The number of rotatable bonds is 4. The largest absolute Gasteiger partial charge is 0.269 e. The number of hydrogen-bond donors (Lipinski definition) is 0. The Labute approximate surface area is 119 Å². The topological polar surface area (TPSA) is 61.0 Å². The molecule has 0 fully saturated rings. The average molecular weight is 300 g/mol. The first-order chi connectivity index (χ1) is 9.08. The maximum absolute atomic E-state index is 10.6. The van der Waals surface area contributed by atoms with Crippen LogP contribution in [0, 0.1) is 10.1 Å². The molecule has 2 aromatic rings. The zero-order valence-corrected chi connectivity index (χ0v) is 11.6. The summed E-state index contributed by atoms with van der Waals surface area (Å²) in [5.41, 5.74) is 2.32. The Hall–Kier alpha value is -1.59. The third kappa shape index (κ3) is 2.57. The van der Waals surface area contributed by atoms with Crippen LogP contribution in [0.15, 0.2) is 24.3 Å². The van der Waals surface area contributed by atoms with Gasteiger partial charge in [-0.15, -0.1) is 11.6 Å². The summed E-state index contributed by atoms with van der Waals surface area (Å²) in [6.07, 6.45) is 0.724. The Morgan fingerprint density at radius 1 is 1.37 bits per heavy atom. The molecule has 0 aliphatic rings. The Bertz CT molecular complexity index is 608. The molecule has 0 atom stereocenters. The molecule has 0 aliphatic heterocycles. The number of non-ortho nitro benzene ring substituents is 1. The molecule has 7 heteroatoms. The molecule has 0 radical (unpaired) electrons. The molecule has 19 heavy (non-hydrogen) atoms. The Morgan fingerprint density at radius 3 is 2.42 bits per heavy atom. The van der Waals surface area contributed by atoms with E-state index in [4.69, 9.17) is 23.2 Å². The molecule has 1 heterocycles. The number of nitro groups is 1. The fourth-order valence-electron chi connectivity index (χ4n) is 1.77. The van der Waals surface area contributed by atoms with Crippen molar-refractivity contribution in [1.82, 2.24) is 9.78 Å². The zero-order chi connectivity index (χ0) is 14.0. The third-order valence-electron chi connectivity index (χ3n) is 2.78. The highest BCUT2D eigenvalue weighted by Crippen LogP contribution is 2.26. The van der Waals surface area contributed by atoms with Crippen LogP contribution in [0.4, 0.5) is 5.69 Å². The number of nitro benzene ring substituents is 1. The zero-order valence-electron chi connectivity index (χ0n) is 10.1. The summed E-state index contributed by atoms with van der Waals surface area (Å²) in [7, 11) is 0. The lowest BCUT2D eigenvalue weighted by atomic mass is 10.2. The van der Waals surface area contributed by atoms with Crippen molar-refractivity contribution in [1.29, 1.82) is 0 Å². The number of alkyl halides is 1. The van der Waals surface area contributed by atoms with Gasteiger partial charge >= 0.3 is 0 Å². The van der Waals surface area contributed by atoms with Crippen LogP contribution in [-0.4, -0.2) is 14.7 Å². The van der Waals surface area contributed by atoms with Crippen molar-refractivity contribution in [3.05, 3.63) is 50.8 Å². The molecular weight excluding hydrogens is 289 g/mol. The lowest BCUT2D eigenvalue weighted by Gasteiger charge is -2.02. The summed E-state index contributed by atoms with van der Waals surface area (Å²) in [5, 5.41) is 15.4. The van der Waals surface area contributed by atoms with E-state index >= 15 is 0 Å². The molecule has 5 nitrogen and oxygen atoms in total. The van der Waals surface area contributed by atoms with Crippen LogP contribution in [0.5, 0.6) is 0 Å². The van der Waals surface area contributed by atoms with Crippen LogP contribution in [0.2, 0.25) is 5.15 Å². The molecule has 0 aliphatic carbocycles. The van der Waals surface area contributed by atoms with Crippen LogP contribution < -0.4 is 0 Å². The summed E-state index contributed by atoms with van der Waals surface area (Å²) >= 11 is 12.1. The molecule has 0 spiro atoms. The minimum Gasteiger partial charge on any atom is -0.258 e. The van der Waals surface area contributed by atoms with Crippen molar-refractivity contribution in [2.24, 2.45) is 0 Å². The van der Waals surface area contributed by atoms with Crippen molar-refractivity contribution in [3.8, 4) is 5.69 Å². The number of hydrogen-bond acceptors (Lipinski definition) is 3. The van der Waals surface area contributed by atoms with E-state index in [9.17, 15) is 10.1 Å². The normalized spacial score (nSPS) is 10.7. The first kappa shape index (κ1) is 13.8. The van der Waals surface area contributed by atoms with Gasteiger partial charge in [-0.3, -0.25) is 10.1 Å². The average Bonchev–Trinajstić information content (AvgIpc) is 2.75. The second-order valence-electron chi connectivity index (χ2n) is 3.89. The van der Waals surface area contributed by atoms with Crippen LogP contribution in [0.25, 0.3) is 5.69 Å². The number of nitrogens with zero attached hydrogens (tertiary/aromatic N) is 3. The fourth-order valence-corrected chi connectivity index (χ4v) is 2.44. The van der Waals surface area contributed by atoms with E-state index in [0.717, 1.165) is 17.7 Å². The second-order valence-corrected chi connectivity index (χ2v) is 4.51. The van der Waals surface area contributed by atoms with Gasteiger partial charge in [-0.1, -0.05) is 18.5 Å².